The molecule has 2 rings (SSSR count). The Kier molecular flexibility index (Phi) is 5.45. The first-order chi connectivity index (χ1) is 9.29. The Labute approximate surface area is 116 Å². The molecule has 1 fully saturated rings. The van der Waals surface area contributed by atoms with Gasteiger partial charge in [0.1, 0.15) is 5.75 Å². The van der Waals surface area contributed by atoms with E-state index in [0.717, 1.165) is 45.0 Å². The van der Waals surface area contributed by atoms with Crippen LogP contribution in [-0.4, -0.2) is 49.7 Å². The number of hydrogen-bond donors (Lipinski definition) is 0. The van der Waals surface area contributed by atoms with E-state index in [-0.39, 0.29) is 0 Å². The van der Waals surface area contributed by atoms with Crippen LogP contribution in [0.25, 0.3) is 0 Å². The zero-order chi connectivity index (χ0) is 13.5. The van der Waals surface area contributed by atoms with E-state index in [9.17, 15) is 0 Å². The fourth-order valence-corrected chi connectivity index (χ4v) is 2.27. The molecule has 0 spiro atoms. The van der Waals surface area contributed by atoms with Crippen LogP contribution in [0.4, 0.5) is 5.69 Å². The summed E-state index contributed by atoms with van der Waals surface area (Å²) in [6.45, 7) is 7.36. The normalized spacial score (nSPS) is 16.6. The number of unbranched alkanes of at least 4 members (excludes halogenated alkanes) is 2. The predicted octanol–water partition coefficient (Wildman–Crippen LogP) is 2.40. The fourth-order valence-electron chi connectivity index (χ4n) is 2.27. The van der Waals surface area contributed by atoms with E-state index in [1.807, 2.05) is 12.4 Å². The molecule has 1 aliphatic heterocycles. The Bertz CT molecular complexity index is 375. The van der Waals surface area contributed by atoms with Crippen molar-refractivity contribution in [3.05, 3.63) is 18.5 Å². The van der Waals surface area contributed by atoms with Crippen LogP contribution >= 0.6 is 0 Å². The van der Waals surface area contributed by atoms with E-state index in [1.165, 1.54) is 18.5 Å². The standard InChI is InChI=1S/C15H25N3O/c1-3-4-5-10-19-15-11-14(12-16-13-15)18-8-6-17(2)7-9-18/h11-13H,3-10H2,1-2H3. The van der Waals surface area contributed by atoms with Gasteiger partial charge >= 0.3 is 0 Å². The van der Waals surface area contributed by atoms with Crippen molar-refractivity contribution in [3.63, 3.8) is 0 Å². The summed E-state index contributed by atoms with van der Waals surface area (Å²) in [6, 6.07) is 2.12. The molecule has 4 heteroatoms. The summed E-state index contributed by atoms with van der Waals surface area (Å²) in [5.74, 6) is 0.896. The average molecular weight is 263 g/mol. The van der Waals surface area contributed by atoms with E-state index in [0.29, 0.717) is 0 Å². The summed E-state index contributed by atoms with van der Waals surface area (Å²) >= 11 is 0. The highest BCUT2D eigenvalue weighted by molar-refractivity contribution is 5.48. The summed E-state index contributed by atoms with van der Waals surface area (Å²) in [5.41, 5.74) is 1.18. The van der Waals surface area contributed by atoms with Crippen molar-refractivity contribution in [1.82, 2.24) is 9.88 Å². The Morgan fingerprint density at radius 2 is 1.95 bits per heavy atom. The van der Waals surface area contributed by atoms with Gasteiger partial charge in [0.05, 0.1) is 24.7 Å². The molecular formula is C15H25N3O. The van der Waals surface area contributed by atoms with E-state index in [4.69, 9.17) is 4.74 Å². The van der Waals surface area contributed by atoms with Crippen LogP contribution in [0.3, 0.4) is 0 Å². The second-order valence-electron chi connectivity index (χ2n) is 5.22. The third kappa shape index (κ3) is 4.39. The summed E-state index contributed by atoms with van der Waals surface area (Å²) < 4.78 is 5.76. The molecule has 2 heterocycles. The third-order valence-electron chi connectivity index (χ3n) is 3.58. The van der Waals surface area contributed by atoms with Gasteiger partial charge in [-0.05, 0) is 13.5 Å². The van der Waals surface area contributed by atoms with Gasteiger partial charge in [-0.1, -0.05) is 19.8 Å². The molecule has 106 valence electrons. The highest BCUT2D eigenvalue weighted by Gasteiger charge is 2.14. The van der Waals surface area contributed by atoms with Crippen molar-refractivity contribution in [2.75, 3.05) is 44.7 Å². The number of pyridine rings is 1. The maximum atomic E-state index is 5.76. The minimum Gasteiger partial charge on any atom is -0.492 e. The number of anilines is 1. The molecule has 0 N–H and O–H groups in total. The molecule has 0 unspecified atom stereocenters. The maximum Gasteiger partial charge on any atom is 0.139 e. The molecule has 0 bridgehead atoms. The molecule has 1 aromatic heterocycles. The molecule has 0 amide bonds. The van der Waals surface area contributed by atoms with Crippen LogP contribution in [-0.2, 0) is 0 Å². The molecule has 0 aromatic carbocycles. The Morgan fingerprint density at radius 1 is 1.16 bits per heavy atom. The van der Waals surface area contributed by atoms with E-state index < -0.39 is 0 Å². The lowest BCUT2D eigenvalue weighted by molar-refractivity contribution is 0.303. The summed E-state index contributed by atoms with van der Waals surface area (Å²) in [7, 11) is 2.17. The van der Waals surface area contributed by atoms with Crippen LogP contribution < -0.4 is 9.64 Å². The van der Waals surface area contributed by atoms with Crippen LogP contribution in [0.2, 0.25) is 0 Å². The van der Waals surface area contributed by atoms with E-state index >= 15 is 0 Å². The number of hydrogen-bond acceptors (Lipinski definition) is 4. The molecule has 1 aromatic rings. The molecule has 0 atom stereocenters. The molecule has 1 aliphatic rings. The van der Waals surface area contributed by atoms with Gasteiger partial charge in [-0.25, -0.2) is 0 Å². The van der Waals surface area contributed by atoms with Crippen LogP contribution in [0.1, 0.15) is 26.2 Å². The fraction of sp³-hybridized carbons (Fsp3) is 0.667. The predicted molar refractivity (Wildman–Crippen MR) is 79.0 cm³/mol. The van der Waals surface area contributed by atoms with Gasteiger partial charge in [-0.2, -0.15) is 0 Å². The molecule has 19 heavy (non-hydrogen) atoms. The maximum absolute atomic E-state index is 5.76. The first kappa shape index (κ1) is 14.1. The molecular weight excluding hydrogens is 238 g/mol. The highest BCUT2D eigenvalue weighted by Crippen LogP contribution is 2.20. The number of nitrogens with zero attached hydrogens (tertiary/aromatic N) is 3. The number of piperazine rings is 1. The highest BCUT2D eigenvalue weighted by atomic mass is 16.5. The number of ether oxygens (including phenoxy) is 1. The minimum absolute atomic E-state index is 0.793. The number of likely N-dealkylation sites (N-methyl/N-ethyl adjacent to an activating group) is 1. The lowest BCUT2D eigenvalue weighted by Crippen LogP contribution is -2.44. The molecule has 4 nitrogen and oxygen atoms in total. The first-order valence-electron chi connectivity index (χ1n) is 7.31. The van der Waals surface area contributed by atoms with Crippen molar-refractivity contribution in [2.24, 2.45) is 0 Å². The Morgan fingerprint density at radius 3 is 2.68 bits per heavy atom. The van der Waals surface area contributed by atoms with Crippen molar-refractivity contribution < 1.29 is 4.74 Å². The third-order valence-corrected chi connectivity index (χ3v) is 3.58. The second kappa shape index (κ2) is 7.34. The number of aromatic nitrogens is 1. The molecule has 0 aliphatic carbocycles. The van der Waals surface area contributed by atoms with Crippen molar-refractivity contribution >= 4 is 5.69 Å². The largest absolute Gasteiger partial charge is 0.492 e. The van der Waals surface area contributed by atoms with Gasteiger partial charge in [-0.3, -0.25) is 4.98 Å². The first-order valence-corrected chi connectivity index (χ1v) is 7.31. The zero-order valence-electron chi connectivity index (χ0n) is 12.1. The summed E-state index contributed by atoms with van der Waals surface area (Å²) in [6.07, 6.45) is 7.32. The summed E-state index contributed by atoms with van der Waals surface area (Å²) in [4.78, 5) is 9.03. The molecule has 0 saturated carbocycles. The van der Waals surface area contributed by atoms with Gasteiger partial charge in [-0.15, -0.1) is 0 Å². The Balaban J connectivity index is 1.87. The SMILES string of the molecule is CCCCCOc1cncc(N2CCN(C)CC2)c1. The van der Waals surface area contributed by atoms with Gasteiger partial charge in [0.15, 0.2) is 0 Å². The smallest absolute Gasteiger partial charge is 0.139 e. The van der Waals surface area contributed by atoms with Gasteiger partial charge in [0, 0.05) is 32.2 Å². The monoisotopic (exact) mass is 263 g/mol. The average Bonchev–Trinajstić information content (AvgIpc) is 2.45. The second-order valence-corrected chi connectivity index (χ2v) is 5.22. The Hall–Kier alpha value is -1.29. The van der Waals surface area contributed by atoms with Crippen molar-refractivity contribution in [2.45, 2.75) is 26.2 Å². The summed E-state index contributed by atoms with van der Waals surface area (Å²) in [5, 5.41) is 0. The molecule has 1 saturated heterocycles. The minimum atomic E-state index is 0.793. The van der Waals surface area contributed by atoms with Crippen molar-refractivity contribution in [1.29, 1.82) is 0 Å². The van der Waals surface area contributed by atoms with E-state index in [2.05, 4.69) is 34.8 Å². The topological polar surface area (TPSA) is 28.6 Å². The van der Waals surface area contributed by atoms with Crippen LogP contribution in [0, 0.1) is 0 Å². The van der Waals surface area contributed by atoms with Gasteiger partial charge in [0.25, 0.3) is 0 Å². The van der Waals surface area contributed by atoms with Gasteiger partial charge in [0.2, 0.25) is 0 Å². The van der Waals surface area contributed by atoms with Crippen LogP contribution in [0.15, 0.2) is 18.5 Å². The lowest BCUT2D eigenvalue weighted by Gasteiger charge is -2.33. The lowest BCUT2D eigenvalue weighted by atomic mass is 10.2. The number of rotatable bonds is 6. The van der Waals surface area contributed by atoms with E-state index in [1.54, 1.807) is 0 Å². The van der Waals surface area contributed by atoms with Gasteiger partial charge < -0.3 is 14.5 Å². The molecule has 0 radical (unpaired) electrons. The van der Waals surface area contributed by atoms with Crippen LogP contribution in [0.5, 0.6) is 5.75 Å². The van der Waals surface area contributed by atoms with Crippen molar-refractivity contribution in [3.8, 4) is 5.75 Å². The quantitative estimate of drug-likeness (QED) is 0.737. The zero-order valence-corrected chi connectivity index (χ0v) is 12.1.